The van der Waals surface area contributed by atoms with E-state index in [1.54, 1.807) is 45.0 Å². The molecule has 0 aromatic heterocycles. The first-order valence-electron chi connectivity index (χ1n) is 5.97. The van der Waals surface area contributed by atoms with Gasteiger partial charge in [0.05, 0.1) is 11.3 Å². The van der Waals surface area contributed by atoms with E-state index >= 15 is 0 Å². The third kappa shape index (κ3) is 4.21. The Labute approximate surface area is 114 Å². The maximum absolute atomic E-state index is 11.5. The fraction of sp³-hybridized carbons (Fsp3) is 0.429. The van der Waals surface area contributed by atoms with Crippen molar-refractivity contribution in [2.24, 2.45) is 5.41 Å². The molecule has 0 spiro atoms. The van der Waals surface area contributed by atoms with Crippen LogP contribution in [0.25, 0.3) is 0 Å². The SMILES string of the molecule is CC(C)(C)C(C(CC(=O)O)c1ccccc1)=S(=O)=O. The van der Waals surface area contributed by atoms with E-state index < -0.39 is 27.6 Å². The molecular formula is C14H18O4S. The highest BCUT2D eigenvalue weighted by Crippen LogP contribution is 2.30. The van der Waals surface area contributed by atoms with Crippen molar-refractivity contribution in [2.75, 3.05) is 0 Å². The van der Waals surface area contributed by atoms with E-state index in [1.165, 1.54) is 0 Å². The minimum Gasteiger partial charge on any atom is -0.481 e. The predicted molar refractivity (Wildman–Crippen MR) is 74.8 cm³/mol. The van der Waals surface area contributed by atoms with Gasteiger partial charge in [0, 0.05) is 5.92 Å². The number of carboxylic acid groups (broad SMARTS) is 1. The number of carboxylic acids is 1. The van der Waals surface area contributed by atoms with E-state index in [-0.39, 0.29) is 11.3 Å². The first-order valence-corrected chi connectivity index (χ1v) is 7.04. The van der Waals surface area contributed by atoms with Crippen LogP contribution in [0.5, 0.6) is 0 Å². The standard InChI is InChI=1S/C14H18O4S/c1-14(2,3)13(19(17)18)11(9-12(15)16)10-7-5-4-6-8-10/h4-8,11H,9H2,1-3H3,(H,15,16). The Morgan fingerprint density at radius 3 is 2.11 bits per heavy atom. The summed E-state index contributed by atoms with van der Waals surface area (Å²) in [5, 5.41) is 9.03. The van der Waals surface area contributed by atoms with Crippen LogP contribution < -0.4 is 0 Å². The molecule has 0 heterocycles. The average molecular weight is 282 g/mol. The lowest BCUT2D eigenvalue weighted by atomic mass is 9.79. The van der Waals surface area contributed by atoms with Gasteiger partial charge in [0.2, 0.25) is 10.3 Å². The van der Waals surface area contributed by atoms with E-state index in [4.69, 9.17) is 5.11 Å². The van der Waals surface area contributed by atoms with Crippen LogP contribution >= 0.6 is 0 Å². The van der Waals surface area contributed by atoms with E-state index in [9.17, 15) is 13.2 Å². The van der Waals surface area contributed by atoms with Gasteiger partial charge in [0.25, 0.3) is 0 Å². The van der Waals surface area contributed by atoms with E-state index in [0.717, 1.165) is 0 Å². The number of aliphatic carboxylic acids is 1. The smallest absolute Gasteiger partial charge is 0.304 e. The minimum absolute atomic E-state index is 0.223. The molecule has 19 heavy (non-hydrogen) atoms. The van der Waals surface area contributed by atoms with Crippen LogP contribution in [0.2, 0.25) is 0 Å². The molecule has 0 bridgehead atoms. The maximum Gasteiger partial charge on any atom is 0.304 e. The summed E-state index contributed by atoms with van der Waals surface area (Å²) in [4.78, 5) is 11.2. The van der Waals surface area contributed by atoms with Crippen molar-refractivity contribution in [2.45, 2.75) is 33.1 Å². The molecule has 0 aliphatic heterocycles. The maximum atomic E-state index is 11.5. The lowest BCUT2D eigenvalue weighted by Crippen LogP contribution is -2.29. The zero-order valence-corrected chi connectivity index (χ0v) is 12.1. The molecule has 0 amide bonds. The molecule has 0 saturated carbocycles. The van der Waals surface area contributed by atoms with Crippen molar-refractivity contribution in [1.82, 2.24) is 0 Å². The number of hydrogen-bond acceptors (Lipinski definition) is 3. The van der Waals surface area contributed by atoms with Crippen molar-refractivity contribution in [3.63, 3.8) is 0 Å². The van der Waals surface area contributed by atoms with E-state index in [0.29, 0.717) is 5.56 Å². The summed E-state index contributed by atoms with van der Waals surface area (Å²) in [5.74, 6) is -1.64. The topological polar surface area (TPSA) is 71.4 Å². The monoisotopic (exact) mass is 282 g/mol. The molecule has 1 aromatic carbocycles. The second-order valence-electron chi connectivity index (χ2n) is 5.41. The molecule has 1 rings (SSSR count). The molecule has 0 saturated heterocycles. The minimum atomic E-state index is -2.42. The highest BCUT2D eigenvalue weighted by molar-refractivity contribution is 7.73. The Hall–Kier alpha value is -1.62. The molecule has 1 N–H and O–H groups in total. The van der Waals surface area contributed by atoms with Crippen LogP contribution in [-0.4, -0.2) is 24.4 Å². The van der Waals surface area contributed by atoms with Gasteiger partial charge in [-0.3, -0.25) is 4.79 Å². The lowest BCUT2D eigenvalue weighted by Gasteiger charge is -2.26. The molecule has 1 unspecified atom stereocenters. The molecular weight excluding hydrogens is 264 g/mol. The largest absolute Gasteiger partial charge is 0.481 e. The van der Waals surface area contributed by atoms with Gasteiger partial charge in [-0.1, -0.05) is 51.1 Å². The van der Waals surface area contributed by atoms with Crippen molar-refractivity contribution in [3.8, 4) is 0 Å². The van der Waals surface area contributed by atoms with Crippen LogP contribution in [0.1, 0.15) is 38.7 Å². The average Bonchev–Trinajstić information content (AvgIpc) is 2.26. The van der Waals surface area contributed by atoms with Crippen molar-refractivity contribution in [3.05, 3.63) is 35.9 Å². The highest BCUT2D eigenvalue weighted by atomic mass is 32.2. The number of rotatable bonds is 4. The fourth-order valence-corrected chi connectivity index (χ4v) is 3.06. The molecule has 0 fully saturated rings. The van der Waals surface area contributed by atoms with E-state index in [1.807, 2.05) is 6.07 Å². The number of carbonyl (C=O) groups is 1. The van der Waals surface area contributed by atoms with Gasteiger partial charge in [-0.2, -0.15) is 8.42 Å². The van der Waals surface area contributed by atoms with Crippen LogP contribution in [0, 0.1) is 5.41 Å². The Balaban J connectivity index is 3.41. The van der Waals surface area contributed by atoms with Gasteiger partial charge >= 0.3 is 5.97 Å². The van der Waals surface area contributed by atoms with Crippen LogP contribution in [0.3, 0.4) is 0 Å². The normalized spacial score (nSPS) is 12.8. The summed E-state index contributed by atoms with van der Waals surface area (Å²) in [6.07, 6.45) is -0.232. The number of hydrogen-bond donors (Lipinski definition) is 1. The Morgan fingerprint density at radius 1 is 1.21 bits per heavy atom. The molecule has 0 radical (unpaired) electrons. The van der Waals surface area contributed by atoms with Crippen molar-refractivity contribution >= 4 is 21.1 Å². The molecule has 1 atom stereocenters. The van der Waals surface area contributed by atoms with Gasteiger partial charge in [-0.05, 0) is 11.0 Å². The zero-order chi connectivity index (χ0) is 14.6. The summed E-state index contributed by atoms with van der Waals surface area (Å²) >= 11 is 0. The summed E-state index contributed by atoms with van der Waals surface area (Å²) in [6.45, 7) is 5.32. The van der Waals surface area contributed by atoms with Gasteiger partial charge in [-0.15, -0.1) is 0 Å². The fourth-order valence-electron chi connectivity index (χ4n) is 2.11. The summed E-state index contributed by atoms with van der Waals surface area (Å²) in [5.41, 5.74) is 0.0989. The highest BCUT2D eigenvalue weighted by Gasteiger charge is 2.31. The van der Waals surface area contributed by atoms with Crippen molar-refractivity contribution < 1.29 is 18.3 Å². The van der Waals surface area contributed by atoms with Gasteiger partial charge in [0.1, 0.15) is 0 Å². The third-order valence-corrected chi connectivity index (χ3v) is 4.07. The second kappa shape index (κ2) is 6.02. The summed E-state index contributed by atoms with van der Waals surface area (Å²) in [7, 11) is -2.42. The van der Waals surface area contributed by atoms with Gasteiger partial charge < -0.3 is 5.11 Å². The van der Waals surface area contributed by atoms with Crippen LogP contribution in [-0.2, 0) is 15.1 Å². The van der Waals surface area contributed by atoms with Gasteiger partial charge in [-0.25, -0.2) is 0 Å². The summed E-state index contributed by atoms with van der Waals surface area (Å²) in [6, 6.07) is 8.88. The molecule has 1 aromatic rings. The Bertz CT molecular complexity index is 572. The predicted octanol–water partition coefficient (Wildman–Crippen LogP) is 2.34. The summed E-state index contributed by atoms with van der Waals surface area (Å²) < 4.78 is 23.0. The molecule has 0 aliphatic carbocycles. The van der Waals surface area contributed by atoms with Gasteiger partial charge in [0.15, 0.2) is 0 Å². The first kappa shape index (κ1) is 15.4. The van der Waals surface area contributed by atoms with E-state index in [2.05, 4.69) is 0 Å². The molecule has 0 aliphatic rings. The first-order chi connectivity index (χ1) is 8.73. The van der Waals surface area contributed by atoms with Crippen LogP contribution in [0.4, 0.5) is 0 Å². The zero-order valence-electron chi connectivity index (χ0n) is 11.3. The molecule has 4 nitrogen and oxygen atoms in total. The molecule has 5 heteroatoms. The quantitative estimate of drug-likeness (QED) is 0.860. The third-order valence-electron chi connectivity index (χ3n) is 2.82. The Morgan fingerprint density at radius 2 is 1.74 bits per heavy atom. The van der Waals surface area contributed by atoms with Crippen molar-refractivity contribution in [1.29, 1.82) is 0 Å². The lowest BCUT2D eigenvalue weighted by molar-refractivity contribution is -0.137. The second-order valence-corrected chi connectivity index (χ2v) is 6.32. The number of benzene rings is 1. The van der Waals surface area contributed by atoms with Crippen LogP contribution in [0.15, 0.2) is 30.3 Å². The Kier molecular flexibility index (Phi) is 4.89. The molecule has 104 valence electrons.